The van der Waals surface area contributed by atoms with E-state index in [1.807, 2.05) is 0 Å². The van der Waals surface area contributed by atoms with Crippen LogP contribution in [0.5, 0.6) is 0 Å². The van der Waals surface area contributed by atoms with E-state index < -0.39 is 4.92 Å². The van der Waals surface area contributed by atoms with Crippen LogP contribution in [0.2, 0.25) is 0 Å². The molecule has 0 unspecified atom stereocenters. The first-order valence-electron chi connectivity index (χ1n) is 5.27. The van der Waals surface area contributed by atoms with Crippen LogP contribution in [0.1, 0.15) is 15.9 Å². The zero-order valence-corrected chi connectivity index (χ0v) is 9.95. The van der Waals surface area contributed by atoms with E-state index in [1.54, 1.807) is 32.3 Å². The van der Waals surface area contributed by atoms with E-state index in [4.69, 9.17) is 0 Å². The van der Waals surface area contributed by atoms with Gasteiger partial charge in [-0.3, -0.25) is 19.6 Å². The Kier molecular flexibility index (Phi) is 2.93. The molecule has 1 heterocycles. The second kappa shape index (κ2) is 4.40. The first kappa shape index (κ1) is 12.0. The number of nitro groups is 1. The molecule has 0 amide bonds. The third kappa shape index (κ3) is 1.88. The molecule has 6 nitrogen and oxygen atoms in total. The Hall–Kier alpha value is -2.50. The van der Waals surface area contributed by atoms with Gasteiger partial charge in [0.25, 0.3) is 5.69 Å². The van der Waals surface area contributed by atoms with Crippen molar-refractivity contribution in [1.29, 1.82) is 0 Å². The zero-order chi connectivity index (χ0) is 13.3. The molecule has 0 fully saturated rings. The van der Waals surface area contributed by atoms with Crippen LogP contribution in [0.15, 0.2) is 24.4 Å². The number of rotatable bonds is 3. The van der Waals surface area contributed by atoms with Gasteiger partial charge in [0.15, 0.2) is 6.29 Å². The number of benzene rings is 1. The van der Waals surface area contributed by atoms with Crippen LogP contribution >= 0.6 is 0 Å². The fourth-order valence-electron chi connectivity index (χ4n) is 1.88. The molecule has 6 heteroatoms. The van der Waals surface area contributed by atoms with Gasteiger partial charge in [0.05, 0.1) is 10.5 Å². The molecule has 1 aromatic heterocycles. The SMILES string of the molecule is Cc1c(-c2nn(C)cc2C=O)cccc1[N+](=O)[O-]. The molecule has 0 aliphatic carbocycles. The Bertz CT molecular complexity index is 631. The topological polar surface area (TPSA) is 78.0 Å². The smallest absolute Gasteiger partial charge is 0.272 e. The Balaban J connectivity index is 2.67. The van der Waals surface area contributed by atoms with E-state index in [1.165, 1.54) is 10.7 Å². The summed E-state index contributed by atoms with van der Waals surface area (Å²) < 4.78 is 1.51. The summed E-state index contributed by atoms with van der Waals surface area (Å²) in [5.41, 5.74) is 2.01. The minimum Gasteiger partial charge on any atom is -0.298 e. The van der Waals surface area contributed by atoms with Crippen LogP contribution in [-0.2, 0) is 7.05 Å². The molecule has 92 valence electrons. The molecule has 0 saturated heterocycles. The summed E-state index contributed by atoms with van der Waals surface area (Å²) >= 11 is 0. The molecule has 2 rings (SSSR count). The number of nitrogens with zero attached hydrogens (tertiary/aromatic N) is 3. The molecule has 0 spiro atoms. The maximum Gasteiger partial charge on any atom is 0.272 e. The highest BCUT2D eigenvalue weighted by Crippen LogP contribution is 2.30. The normalized spacial score (nSPS) is 10.3. The highest BCUT2D eigenvalue weighted by atomic mass is 16.6. The summed E-state index contributed by atoms with van der Waals surface area (Å²) in [5, 5.41) is 15.1. The minimum absolute atomic E-state index is 0.0232. The third-order valence-corrected chi connectivity index (χ3v) is 2.74. The molecule has 0 N–H and O–H groups in total. The second-order valence-corrected chi connectivity index (χ2v) is 3.93. The van der Waals surface area contributed by atoms with Gasteiger partial charge in [-0.1, -0.05) is 12.1 Å². The quantitative estimate of drug-likeness (QED) is 0.471. The highest BCUT2D eigenvalue weighted by molar-refractivity contribution is 5.86. The molecule has 0 aliphatic rings. The summed E-state index contributed by atoms with van der Waals surface area (Å²) in [6.07, 6.45) is 2.28. The van der Waals surface area contributed by atoms with Crippen molar-refractivity contribution in [2.24, 2.45) is 7.05 Å². The van der Waals surface area contributed by atoms with Crippen molar-refractivity contribution in [2.45, 2.75) is 6.92 Å². The van der Waals surface area contributed by atoms with Crippen molar-refractivity contribution in [3.8, 4) is 11.3 Å². The van der Waals surface area contributed by atoms with Gasteiger partial charge < -0.3 is 0 Å². The maximum atomic E-state index is 11.0. The van der Waals surface area contributed by atoms with Crippen molar-refractivity contribution in [3.05, 3.63) is 45.6 Å². The zero-order valence-electron chi connectivity index (χ0n) is 9.95. The molecule has 0 saturated carbocycles. The summed E-state index contributed by atoms with van der Waals surface area (Å²) in [4.78, 5) is 21.4. The Morgan fingerprint density at radius 2 is 2.17 bits per heavy atom. The molecule has 0 bridgehead atoms. The summed E-state index contributed by atoms with van der Waals surface area (Å²) in [5.74, 6) is 0. The maximum absolute atomic E-state index is 11.0. The molecule has 0 aliphatic heterocycles. The molecule has 2 aromatic rings. The lowest BCUT2D eigenvalue weighted by Gasteiger charge is -2.03. The number of aldehydes is 1. The number of hydrogen-bond donors (Lipinski definition) is 0. The number of aryl methyl sites for hydroxylation is 1. The number of nitro benzene ring substituents is 1. The van der Waals surface area contributed by atoms with Gasteiger partial charge in [-0.25, -0.2) is 0 Å². The fourth-order valence-corrected chi connectivity index (χ4v) is 1.88. The first-order chi connectivity index (χ1) is 8.54. The van der Waals surface area contributed by atoms with Crippen molar-refractivity contribution < 1.29 is 9.72 Å². The van der Waals surface area contributed by atoms with Crippen LogP contribution in [0.25, 0.3) is 11.3 Å². The Labute approximate surface area is 103 Å². The van der Waals surface area contributed by atoms with Gasteiger partial charge in [0.1, 0.15) is 5.69 Å². The molecule has 0 atom stereocenters. The van der Waals surface area contributed by atoms with Gasteiger partial charge in [0, 0.05) is 30.4 Å². The molecule has 0 radical (unpaired) electrons. The Morgan fingerprint density at radius 3 is 2.78 bits per heavy atom. The van der Waals surface area contributed by atoms with E-state index in [9.17, 15) is 14.9 Å². The monoisotopic (exact) mass is 245 g/mol. The fraction of sp³-hybridized carbons (Fsp3) is 0.167. The number of aromatic nitrogens is 2. The molecule has 1 aromatic carbocycles. The van der Waals surface area contributed by atoms with E-state index in [0.717, 1.165) is 0 Å². The lowest BCUT2D eigenvalue weighted by Crippen LogP contribution is -1.95. The van der Waals surface area contributed by atoms with Crippen LogP contribution in [0.3, 0.4) is 0 Å². The van der Waals surface area contributed by atoms with Crippen LogP contribution in [0, 0.1) is 17.0 Å². The van der Waals surface area contributed by atoms with Crippen LogP contribution in [0.4, 0.5) is 5.69 Å². The lowest BCUT2D eigenvalue weighted by molar-refractivity contribution is -0.385. The summed E-state index contributed by atoms with van der Waals surface area (Å²) in [6.45, 7) is 1.65. The molecular weight excluding hydrogens is 234 g/mol. The lowest BCUT2D eigenvalue weighted by atomic mass is 10.0. The van der Waals surface area contributed by atoms with Crippen molar-refractivity contribution in [1.82, 2.24) is 9.78 Å². The number of carbonyl (C=O) groups is 1. The number of carbonyl (C=O) groups excluding carboxylic acids is 1. The van der Waals surface area contributed by atoms with Gasteiger partial charge in [-0.2, -0.15) is 5.10 Å². The summed E-state index contributed by atoms with van der Waals surface area (Å²) in [6, 6.07) is 4.74. The van der Waals surface area contributed by atoms with Gasteiger partial charge in [-0.15, -0.1) is 0 Å². The Morgan fingerprint density at radius 1 is 1.44 bits per heavy atom. The van der Waals surface area contributed by atoms with E-state index in [0.29, 0.717) is 28.7 Å². The van der Waals surface area contributed by atoms with Crippen molar-refractivity contribution in [2.75, 3.05) is 0 Å². The highest BCUT2D eigenvalue weighted by Gasteiger charge is 2.18. The van der Waals surface area contributed by atoms with Gasteiger partial charge in [0.2, 0.25) is 0 Å². The van der Waals surface area contributed by atoms with Crippen LogP contribution in [-0.4, -0.2) is 21.0 Å². The molecule has 18 heavy (non-hydrogen) atoms. The average molecular weight is 245 g/mol. The molecular formula is C12H11N3O3. The predicted molar refractivity (Wildman–Crippen MR) is 65.4 cm³/mol. The van der Waals surface area contributed by atoms with Gasteiger partial charge >= 0.3 is 0 Å². The number of hydrogen-bond acceptors (Lipinski definition) is 4. The average Bonchev–Trinajstić information content (AvgIpc) is 2.70. The largest absolute Gasteiger partial charge is 0.298 e. The van der Waals surface area contributed by atoms with Gasteiger partial charge in [-0.05, 0) is 6.92 Å². The van der Waals surface area contributed by atoms with Crippen molar-refractivity contribution >= 4 is 12.0 Å². The predicted octanol–water partition coefficient (Wildman–Crippen LogP) is 2.12. The van der Waals surface area contributed by atoms with E-state index >= 15 is 0 Å². The summed E-state index contributed by atoms with van der Waals surface area (Å²) in [7, 11) is 1.70. The minimum atomic E-state index is -0.442. The van der Waals surface area contributed by atoms with Crippen molar-refractivity contribution in [3.63, 3.8) is 0 Å². The van der Waals surface area contributed by atoms with E-state index in [-0.39, 0.29) is 5.69 Å². The third-order valence-electron chi connectivity index (χ3n) is 2.74. The van der Waals surface area contributed by atoms with E-state index in [2.05, 4.69) is 5.10 Å². The first-order valence-corrected chi connectivity index (χ1v) is 5.27. The standard InChI is InChI=1S/C12H11N3O3/c1-8-10(4-3-5-11(8)15(17)18)12-9(7-16)6-14(2)13-12/h3-7H,1-2H3. The van der Waals surface area contributed by atoms with Crippen LogP contribution < -0.4 is 0 Å². The second-order valence-electron chi connectivity index (χ2n) is 3.93.